The van der Waals surface area contributed by atoms with Crippen LogP contribution in [-0.2, 0) is 10.5 Å². The quantitative estimate of drug-likeness (QED) is 0.581. The number of aryl methyl sites for hydroxylation is 2. The van der Waals surface area contributed by atoms with Crippen LogP contribution in [0.25, 0.3) is 11.0 Å². The molecule has 0 saturated heterocycles. The van der Waals surface area contributed by atoms with Crippen LogP contribution in [-0.4, -0.2) is 18.2 Å². The van der Waals surface area contributed by atoms with Gasteiger partial charge in [0.1, 0.15) is 5.58 Å². The van der Waals surface area contributed by atoms with Gasteiger partial charge in [0.05, 0.1) is 5.75 Å². The van der Waals surface area contributed by atoms with Gasteiger partial charge in [-0.25, -0.2) is 4.79 Å². The van der Waals surface area contributed by atoms with Gasteiger partial charge in [-0.05, 0) is 61.7 Å². The summed E-state index contributed by atoms with van der Waals surface area (Å²) in [4.78, 5) is 26.3. The van der Waals surface area contributed by atoms with Gasteiger partial charge in [0.2, 0.25) is 5.91 Å². The lowest BCUT2D eigenvalue weighted by atomic mass is 10.0. The fourth-order valence-electron chi connectivity index (χ4n) is 3.04. The van der Waals surface area contributed by atoms with E-state index in [1.165, 1.54) is 17.8 Å². The van der Waals surface area contributed by atoms with E-state index in [0.29, 0.717) is 23.6 Å². The monoisotopic (exact) mass is 381 g/mol. The Morgan fingerprint density at radius 2 is 1.78 bits per heavy atom. The highest BCUT2D eigenvalue weighted by molar-refractivity contribution is 7.99. The van der Waals surface area contributed by atoms with Gasteiger partial charge in [-0.3, -0.25) is 4.79 Å². The number of benzene rings is 2. The van der Waals surface area contributed by atoms with E-state index in [9.17, 15) is 9.59 Å². The van der Waals surface area contributed by atoms with Crippen molar-refractivity contribution < 1.29 is 9.21 Å². The standard InChI is InChI=1S/C22H23NO3S/c1-4-23(18-8-6-5-7-9-18)21(24)14-27-13-17-12-22(25)26-20-11-16(3)15(2)10-19(17)20/h5-12H,4,13-14H2,1-3H3. The van der Waals surface area contributed by atoms with Crippen LogP contribution in [0.2, 0.25) is 0 Å². The average Bonchev–Trinajstić information content (AvgIpc) is 2.65. The van der Waals surface area contributed by atoms with Crippen molar-refractivity contribution in [1.82, 2.24) is 0 Å². The fourth-order valence-corrected chi connectivity index (χ4v) is 3.93. The molecule has 27 heavy (non-hydrogen) atoms. The van der Waals surface area contributed by atoms with Crippen molar-refractivity contribution >= 4 is 34.3 Å². The van der Waals surface area contributed by atoms with Crippen LogP contribution in [0, 0.1) is 13.8 Å². The second-order valence-electron chi connectivity index (χ2n) is 6.49. The minimum absolute atomic E-state index is 0.0630. The summed E-state index contributed by atoms with van der Waals surface area (Å²) in [5, 5.41) is 0.938. The molecule has 0 aliphatic rings. The number of thioether (sulfide) groups is 1. The second kappa shape index (κ2) is 8.44. The van der Waals surface area contributed by atoms with E-state index in [0.717, 1.165) is 27.8 Å². The van der Waals surface area contributed by atoms with Crippen molar-refractivity contribution in [3.05, 3.63) is 75.6 Å². The zero-order chi connectivity index (χ0) is 19.4. The predicted octanol–water partition coefficient (Wildman–Crippen LogP) is 4.70. The van der Waals surface area contributed by atoms with Gasteiger partial charge in [-0.2, -0.15) is 0 Å². The first-order valence-electron chi connectivity index (χ1n) is 8.96. The van der Waals surface area contributed by atoms with Gasteiger partial charge in [0, 0.05) is 29.4 Å². The summed E-state index contributed by atoms with van der Waals surface area (Å²) in [6, 6.07) is 15.2. The molecule has 0 aliphatic carbocycles. The Balaban J connectivity index is 1.74. The molecule has 1 heterocycles. The molecular weight excluding hydrogens is 358 g/mol. The minimum atomic E-state index is -0.354. The highest BCUT2D eigenvalue weighted by Gasteiger charge is 2.14. The van der Waals surface area contributed by atoms with Crippen molar-refractivity contribution in [1.29, 1.82) is 0 Å². The average molecular weight is 381 g/mol. The second-order valence-corrected chi connectivity index (χ2v) is 7.48. The molecule has 0 bridgehead atoms. The maximum absolute atomic E-state index is 12.6. The van der Waals surface area contributed by atoms with E-state index in [1.807, 2.05) is 63.2 Å². The maximum Gasteiger partial charge on any atom is 0.336 e. The Morgan fingerprint density at radius 1 is 1.07 bits per heavy atom. The smallest absolute Gasteiger partial charge is 0.336 e. The lowest BCUT2D eigenvalue weighted by Crippen LogP contribution is -2.32. The minimum Gasteiger partial charge on any atom is -0.423 e. The van der Waals surface area contributed by atoms with Crippen LogP contribution in [0.4, 0.5) is 5.69 Å². The van der Waals surface area contributed by atoms with Gasteiger partial charge in [-0.15, -0.1) is 11.8 Å². The zero-order valence-electron chi connectivity index (χ0n) is 15.8. The van der Waals surface area contributed by atoms with Crippen LogP contribution < -0.4 is 10.5 Å². The SMILES string of the molecule is CCN(C(=O)CSCc1cc(=O)oc2cc(C)c(C)cc12)c1ccccc1. The topological polar surface area (TPSA) is 50.5 Å². The third-order valence-electron chi connectivity index (χ3n) is 4.61. The van der Waals surface area contributed by atoms with E-state index in [4.69, 9.17) is 4.42 Å². The summed E-state index contributed by atoms with van der Waals surface area (Å²) in [5.41, 5.74) is 4.30. The normalized spacial score (nSPS) is 10.9. The molecule has 2 aromatic carbocycles. The van der Waals surface area contributed by atoms with Crippen LogP contribution in [0.1, 0.15) is 23.6 Å². The van der Waals surface area contributed by atoms with Gasteiger partial charge in [0.25, 0.3) is 0 Å². The summed E-state index contributed by atoms with van der Waals surface area (Å²) in [6.07, 6.45) is 0. The third kappa shape index (κ3) is 4.42. The van der Waals surface area contributed by atoms with Gasteiger partial charge in [0.15, 0.2) is 0 Å². The first kappa shape index (κ1) is 19.2. The number of carbonyl (C=O) groups is 1. The number of carbonyl (C=O) groups excluding carboxylic acids is 1. The number of rotatable bonds is 6. The lowest BCUT2D eigenvalue weighted by Gasteiger charge is -2.20. The molecule has 3 aromatic rings. The van der Waals surface area contributed by atoms with Crippen molar-refractivity contribution in [3.8, 4) is 0 Å². The Bertz CT molecular complexity index is 1010. The maximum atomic E-state index is 12.6. The summed E-state index contributed by atoms with van der Waals surface area (Å²) >= 11 is 1.51. The molecule has 140 valence electrons. The highest BCUT2D eigenvalue weighted by atomic mass is 32.2. The highest BCUT2D eigenvalue weighted by Crippen LogP contribution is 2.25. The van der Waals surface area contributed by atoms with Gasteiger partial charge < -0.3 is 9.32 Å². The summed E-state index contributed by atoms with van der Waals surface area (Å²) in [6.45, 7) is 6.63. The van der Waals surface area contributed by atoms with Crippen molar-refractivity contribution in [2.24, 2.45) is 0 Å². The molecule has 1 aromatic heterocycles. The summed E-state index contributed by atoms with van der Waals surface area (Å²) < 4.78 is 5.34. The molecule has 0 atom stereocenters. The molecule has 0 unspecified atom stereocenters. The van der Waals surface area contributed by atoms with Gasteiger partial charge >= 0.3 is 5.63 Å². The summed E-state index contributed by atoms with van der Waals surface area (Å²) in [7, 11) is 0. The molecule has 0 saturated carbocycles. The number of anilines is 1. The Labute approximate surface area is 163 Å². The Hall–Kier alpha value is -2.53. The molecule has 1 amide bonds. The van der Waals surface area contributed by atoms with E-state index in [1.54, 1.807) is 4.90 Å². The first-order chi connectivity index (χ1) is 13.0. The molecule has 4 nitrogen and oxygen atoms in total. The Morgan fingerprint density at radius 3 is 2.48 bits per heavy atom. The predicted molar refractivity (Wildman–Crippen MR) is 113 cm³/mol. The largest absolute Gasteiger partial charge is 0.423 e. The van der Waals surface area contributed by atoms with Gasteiger partial charge in [-0.1, -0.05) is 18.2 Å². The van der Waals surface area contributed by atoms with E-state index >= 15 is 0 Å². The number of amides is 1. The first-order valence-corrected chi connectivity index (χ1v) is 10.1. The number of nitrogens with zero attached hydrogens (tertiary/aromatic N) is 1. The lowest BCUT2D eigenvalue weighted by molar-refractivity contribution is -0.116. The number of fused-ring (bicyclic) bond motifs is 1. The number of hydrogen-bond donors (Lipinski definition) is 0. The Kier molecular flexibility index (Phi) is 6.01. The van der Waals surface area contributed by atoms with E-state index in [-0.39, 0.29) is 11.5 Å². The zero-order valence-corrected chi connectivity index (χ0v) is 16.6. The van der Waals surface area contributed by atoms with Crippen molar-refractivity contribution in [2.75, 3.05) is 17.2 Å². The molecule has 0 aliphatic heterocycles. The fraction of sp³-hybridized carbons (Fsp3) is 0.273. The van der Waals surface area contributed by atoms with Crippen LogP contribution in [0.5, 0.6) is 0 Å². The molecular formula is C22H23NO3S. The van der Waals surface area contributed by atoms with Crippen LogP contribution >= 0.6 is 11.8 Å². The molecule has 5 heteroatoms. The van der Waals surface area contributed by atoms with Crippen LogP contribution in [0.15, 0.2) is 57.7 Å². The molecule has 0 N–H and O–H groups in total. The summed E-state index contributed by atoms with van der Waals surface area (Å²) in [5.74, 6) is 1.01. The third-order valence-corrected chi connectivity index (χ3v) is 5.58. The van der Waals surface area contributed by atoms with Crippen LogP contribution in [0.3, 0.4) is 0 Å². The molecule has 0 fully saturated rings. The van der Waals surface area contributed by atoms with E-state index < -0.39 is 0 Å². The van der Waals surface area contributed by atoms with Crippen molar-refractivity contribution in [3.63, 3.8) is 0 Å². The molecule has 0 spiro atoms. The van der Waals surface area contributed by atoms with E-state index in [2.05, 4.69) is 0 Å². The molecule has 3 rings (SSSR count). The van der Waals surface area contributed by atoms with Crippen molar-refractivity contribution in [2.45, 2.75) is 26.5 Å². The number of para-hydroxylation sites is 1. The number of hydrogen-bond acceptors (Lipinski definition) is 4. The molecule has 0 radical (unpaired) electrons.